The van der Waals surface area contributed by atoms with E-state index in [2.05, 4.69) is 6.07 Å². The fraction of sp³-hybridized carbons (Fsp3) is 0.235. The maximum absolute atomic E-state index is 9.97. The Kier molecular flexibility index (Phi) is 4.75. The van der Waals surface area contributed by atoms with Crippen molar-refractivity contribution in [1.82, 2.24) is 0 Å². The van der Waals surface area contributed by atoms with Gasteiger partial charge in [-0.1, -0.05) is 37.3 Å². The molecule has 0 aliphatic rings. The fourth-order valence-corrected chi connectivity index (χ4v) is 2.00. The first-order valence-electron chi connectivity index (χ1n) is 6.63. The average Bonchev–Trinajstić information content (AvgIpc) is 2.52. The van der Waals surface area contributed by atoms with Gasteiger partial charge in [-0.15, -0.1) is 0 Å². The second-order valence-electron chi connectivity index (χ2n) is 4.56. The number of hydrogen-bond acceptors (Lipinski definition) is 3. The molecule has 0 aliphatic carbocycles. The molecule has 0 spiro atoms. The highest BCUT2D eigenvalue weighted by Gasteiger charge is 2.11. The van der Waals surface area contributed by atoms with Gasteiger partial charge in [0.15, 0.2) is 0 Å². The summed E-state index contributed by atoms with van der Waals surface area (Å²) >= 11 is 0. The van der Waals surface area contributed by atoms with E-state index < -0.39 is 6.10 Å². The molecule has 3 nitrogen and oxygen atoms in total. The molecule has 0 amide bonds. The summed E-state index contributed by atoms with van der Waals surface area (Å²) in [4.78, 5) is 0. The van der Waals surface area contributed by atoms with E-state index >= 15 is 0 Å². The van der Waals surface area contributed by atoms with Crippen molar-refractivity contribution in [1.29, 1.82) is 5.26 Å². The SMILES string of the molecule is CC[C@@H](O)c1ccccc1OCc1cccc(C#N)c1. The molecule has 0 saturated carbocycles. The monoisotopic (exact) mass is 267 g/mol. The molecule has 0 bridgehead atoms. The summed E-state index contributed by atoms with van der Waals surface area (Å²) in [6, 6.07) is 16.9. The molecule has 2 rings (SSSR count). The molecule has 0 fully saturated rings. The largest absolute Gasteiger partial charge is 0.489 e. The molecule has 0 heterocycles. The van der Waals surface area contributed by atoms with Crippen LogP contribution in [-0.2, 0) is 6.61 Å². The van der Waals surface area contributed by atoms with Gasteiger partial charge in [0.25, 0.3) is 0 Å². The summed E-state index contributed by atoms with van der Waals surface area (Å²) in [6.45, 7) is 2.31. The summed E-state index contributed by atoms with van der Waals surface area (Å²) < 4.78 is 5.78. The summed E-state index contributed by atoms with van der Waals surface area (Å²) in [7, 11) is 0. The van der Waals surface area contributed by atoms with Gasteiger partial charge in [-0.05, 0) is 30.2 Å². The lowest BCUT2D eigenvalue weighted by molar-refractivity contribution is 0.166. The molecular formula is C17H17NO2. The quantitative estimate of drug-likeness (QED) is 0.900. The molecule has 0 aromatic heterocycles. The minimum absolute atomic E-state index is 0.378. The molecule has 0 saturated heterocycles. The standard InChI is InChI=1S/C17H17NO2/c1-2-16(19)15-8-3-4-9-17(15)20-12-14-7-5-6-13(10-14)11-18/h3-10,16,19H,2,12H2,1H3/t16-/m1/s1. The first-order chi connectivity index (χ1) is 9.74. The molecule has 0 radical (unpaired) electrons. The van der Waals surface area contributed by atoms with Crippen molar-refractivity contribution in [2.45, 2.75) is 26.1 Å². The Morgan fingerprint density at radius 2 is 2.00 bits per heavy atom. The van der Waals surface area contributed by atoms with Crippen molar-refractivity contribution in [3.63, 3.8) is 0 Å². The van der Waals surface area contributed by atoms with E-state index in [0.717, 1.165) is 11.1 Å². The zero-order valence-corrected chi connectivity index (χ0v) is 11.4. The molecule has 20 heavy (non-hydrogen) atoms. The Hall–Kier alpha value is -2.31. The van der Waals surface area contributed by atoms with E-state index in [-0.39, 0.29) is 0 Å². The number of rotatable bonds is 5. The molecule has 1 atom stereocenters. The van der Waals surface area contributed by atoms with E-state index in [4.69, 9.17) is 10.00 Å². The number of nitrogens with zero attached hydrogens (tertiary/aromatic N) is 1. The lowest BCUT2D eigenvalue weighted by atomic mass is 10.1. The van der Waals surface area contributed by atoms with Crippen LogP contribution in [0, 0.1) is 11.3 Å². The lowest BCUT2D eigenvalue weighted by Gasteiger charge is -2.15. The van der Waals surface area contributed by atoms with Gasteiger partial charge >= 0.3 is 0 Å². The predicted molar refractivity (Wildman–Crippen MR) is 77.2 cm³/mol. The normalized spacial score (nSPS) is 11.7. The van der Waals surface area contributed by atoms with Gasteiger partial charge in [0, 0.05) is 5.56 Å². The van der Waals surface area contributed by atoms with Crippen LogP contribution in [0.3, 0.4) is 0 Å². The Balaban J connectivity index is 2.13. The van der Waals surface area contributed by atoms with Crippen molar-refractivity contribution < 1.29 is 9.84 Å². The maximum atomic E-state index is 9.97. The van der Waals surface area contributed by atoms with E-state index in [1.807, 2.05) is 43.3 Å². The van der Waals surface area contributed by atoms with Crippen LogP contribution >= 0.6 is 0 Å². The van der Waals surface area contributed by atoms with Gasteiger partial charge in [-0.2, -0.15) is 5.26 Å². The third-order valence-corrected chi connectivity index (χ3v) is 3.12. The molecule has 2 aromatic rings. The fourth-order valence-electron chi connectivity index (χ4n) is 2.00. The number of aliphatic hydroxyl groups excluding tert-OH is 1. The Morgan fingerprint density at radius 1 is 1.20 bits per heavy atom. The third-order valence-electron chi connectivity index (χ3n) is 3.12. The number of benzene rings is 2. The Labute approximate surface area is 119 Å². The molecular weight excluding hydrogens is 250 g/mol. The van der Waals surface area contributed by atoms with Gasteiger partial charge in [0.2, 0.25) is 0 Å². The summed E-state index contributed by atoms with van der Waals surface area (Å²) in [5, 5.41) is 18.8. The van der Waals surface area contributed by atoms with Crippen molar-refractivity contribution >= 4 is 0 Å². The Bertz CT molecular complexity index is 616. The molecule has 0 unspecified atom stereocenters. The second kappa shape index (κ2) is 6.74. The smallest absolute Gasteiger partial charge is 0.125 e. The van der Waals surface area contributed by atoms with Crippen molar-refractivity contribution in [2.24, 2.45) is 0 Å². The van der Waals surface area contributed by atoms with Crippen molar-refractivity contribution in [3.05, 3.63) is 65.2 Å². The molecule has 2 aromatic carbocycles. The average molecular weight is 267 g/mol. The first kappa shape index (κ1) is 14.1. The van der Waals surface area contributed by atoms with Crippen LogP contribution in [0.15, 0.2) is 48.5 Å². The van der Waals surface area contributed by atoms with Crippen molar-refractivity contribution in [2.75, 3.05) is 0 Å². The van der Waals surface area contributed by atoms with Gasteiger partial charge < -0.3 is 9.84 Å². The van der Waals surface area contributed by atoms with Crippen LogP contribution in [0.1, 0.15) is 36.1 Å². The van der Waals surface area contributed by atoms with E-state index in [9.17, 15) is 5.11 Å². The van der Waals surface area contributed by atoms with Crippen LogP contribution in [0.25, 0.3) is 0 Å². The minimum Gasteiger partial charge on any atom is -0.489 e. The van der Waals surface area contributed by atoms with Crippen molar-refractivity contribution in [3.8, 4) is 11.8 Å². The highest BCUT2D eigenvalue weighted by atomic mass is 16.5. The number of nitriles is 1. The lowest BCUT2D eigenvalue weighted by Crippen LogP contribution is -2.02. The number of para-hydroxylation sites is 1. The van der Waals surface area contributed by atoms with Crippen LogP contribution in [0.5, 0.6) is 5.75 Å². The zero-order valence-electron chi connectivity index (χ0n) is 11.4. The predicted octanol–water partition coefficient (Wildman–Crippen LogP) is 3.58. The molecule has 0 aliphatic heterocycles. The van der Waals surface area contributed by atoms with E-state index in [1.54, 1.807) is 12.1 Å². The summed E-state index contributed by atoms with van der Waals surface area (Å²) in [5.74, 6) is 0.684. The summed E-state index contributed by atoms with van der Waals surface area (Å²) in [5.41, 5.74) is 2.35. The minimum atomic E-state index is -0.517. The van der Waals surface area contributed by atoms with Crippen LogP contribution < -0.4 is 4.74 Å². The number of aliphatic hydroxyl groups is 1. The van der Waals surface area contributed by atoms with Crippen LogP contribution in [0.4, 0.5) is 0 Å². The van der Waals surface area contributed by atoms with E-state index in [1.165, 1.54) is 0 Å². The van der Waals surface area contributed by atoms with Gasteiger partial charge in [0.05, 0.1) is 17.7 Å². The number of ether oxygens (including phenoxy) is 1. The topological polar surface area (TPSA) is 53.2 Å². The first-order valence-corrected chi connectivity index (χ1v) is 6.63. The second-order valence-corrected chi connectivity index (χ2v) is 4.56. The Morgan fingerprint density at radius 3 is 2.75 bits per heavy atom. The highest BCUT2D eigenvalue weighted by molar-refractivity contribution is 5.36. The van der Waals surface area contributed by atoms with Gasteiger partial charge in [0.1, 0.15) is 12.4 Å². The van der Waals surface area contributed by atoms with Gasteiger partial charge in [-0.3, -0.25) is 0 Å². The highest BCUT2D eigenvalue weighted by Crippen LogP contribution is 2.27. The van der Waals surface area contributed by atoms with E-state index in [0.29, 0.717) is 24.3 Å². The maximum Gasteiger partial charge on any atom is 0.125 e. The zero-order chi connectivity index (χ0) is 14.4. The van der Waals surface area contributed by atoms with Crippen LogP contribution in [-0.4, -0.2) is 5.11 Å². The van der Waals surface area contributed by atoms with Crippen LogP contribution in [0.2, 0.25) is 0 Å². The third kappa shape index (κ3) is 3.37. The number of hydrogen-bond donors (Lipinski definition) is 1. The summed E-state index contributed by atoms with van der Waals surface area (Å²) in [6.07, 6.45) is 0.126. The van der Waals surface area contributed by atoms with Gasteiger partial charge in [-0.25, -0.2) is 0 Å². The molecule has 102 valence electrons. The molecule has 3 heteroatoms. The molecule has 1 N–H and O–H groups in total.